The number of hydrogen-bond donors (Lipinski definition) is 0. The molecule has 0 radical (unpaired) electrons. The number of aromatic nitrogens is 1. The molecule has 59 heavy (non-hydrogen) atoms. The number of rotatable bonds is 5. The van der Waals surface area contributed by atoms with Gasteiger partial charge in [-0.15, -0.1) is 11.3 Å². The standard InChI is InChI=1S/C54H37N3OS/c1-57-46(36-26-28-37(29-27-36)51-52-50(43-17-7-9-20-47(43)58-52)49-39-15-6-5-12-33(39)30-31-44(49)55-51)32-45(56-54(57)38-13-3-2-4-14-38)35-24-22-34(23-25-35)40-18-11-19-42-41-16-8-10-21-48(41)59-53(40)42/h2-6,8,10-32,46H,7,9H2,1H3. The van der Waals surface area contributed by atoms with E-state index in [2.05, 4.69) is 188 Å². The largest absolute Gasteiger partial charge is 0.454 e. The number of likely N-dealkylation sites (N-methyl/N-ethyl adjacent to an activating group) is 1. The third kappa shape index (κ3) is 5.49. The van der Waals surface area contributed by atoms with Crippen molar-refractivity contribution in [1.29, 1.82) is 0 Å². The molecule has 0 saturated carbocycles. The molecule has 0 bridgehead atoms. The summed E-state index contributed by atoms with van der Waals surface area (Å²) in [6.07, 6.45) is 8.85. The van der Waals surface area contributed by atoms with Gasteiger partial charge in [0.25, 0.3) is 0 Å². The number of pyridine rings is 1. The van der Waals surface area contributed by atoms with Crippen LogP contribution < -0.4 is 10.6 Å². The molecule has 0 saturated heterocycles. The van der Waals surface area contributed by atoms with Gasteiger partial charge in [0.15, 0.2) is 5.58 Å². The van der Waals surface area contributed by atoms with E-state index in [4.69, 9.17) is 14.4 Å². The van der Waals surface area contributed by atoms with E-state index in [1.54, 1.807) is 0 Å². The van der Waals surface area contributed by atoms with Crippen LogP contribution in [0.1, 0.15) is 35.6 Å². The van der Waals surface area contributed by atoms with Gasteiger partial charge >= 0.3 is 0 Å². The average Bonchev–Trinajstić information content (AvgIpc) is 3.88. The number of fused-ring (bicyclic) bond motifs is 10. The van der Waals surface area contributed by atoms with Crippen molar-refractivity contribution in [3.05, 3.63) is 191 Å². The second-order valence-corrected chi connectivity index (χ2v) is 16.7. The fraction of sp³-hybridized carbons (Fsp3) is 0.0741. The highest BCUT2D eigenvalue weighted by Gasteiger charge is 2.26. The molecule has 4 nitrogen and oxygen atoms in total. The van der Waals surface area contributed by atoms with E-state index in [1.165, 1.54) is 52.9 Å². The SMILES string of the molecule is CN1C(c2ccccc2)=NC(c2ccc(-c3cccc4c3sc3ccccc34)cc2)=CC1c1ccc(-c2nc3ccc4ccccc4c3c3c4c(oc23)=CCCC=4)cc1. The minimum Gasteiger partial charge on any atom is -0.454 e. The van der Waals surface area contributed by atoms with Gasteiger partial charge in [-0.2, -0.15) is 0 Å². The van der Waals surface area contributed by atoms with Crippen LogP contribution in [-0.4, -0.2) is 22.8 Å². The Kier molecular flexibility index (Phi) is 7.79. The lowest BCUT2D eigenvalue weighted by molar-refractivity contribution is 0.435. The third-order valence-electron chi connectivity index (χ3n) is 12.2. The highest BCUT2D eigenvalue weighted by Crippen LogP contribution is 2.41. The fourth-order valence-corrected chi connectivity index (χ4v) is 10.5. The van der Waals surface area contributed by atoms with Crippen LogP contribution in [0, 0.1) is 0 Å². The van der Waals surface area contributed by atoms with Crippen LogP contribution in [-0.2, 0) is 0 Å². The van der Waals surface area contributed by atoms with Gasteiger partial charge in [-0.25, -0.2) is 9.98 Å². The monoisotopic (exact) mass is 775 g/mol. The zero-order valence-corrected chi connectivity index (χ0v) is 33.2. The molecule has 12 rings (SSSR count). The van der Waals surface area contributed by atoms with Crippen molar-refractivity contribution in [2.24, 2.45) is 4.99 Å². The molecule has 1 aliphatic carbocycles. The first-order chi connectivity index (χ1) is 29.2. The molecular formula is C54H37N3OS. The van der Waals surface area contributed by atoms with Gasteiger partial charge in [-0.3, -0.25) is 0 Å². The highest BCUT2D eigenvalue weighted by atomic mass is 32.1. The van der Waals surface area contributed by atoms with E-state index >= 15 is 0 Å². The molecule has 1 unspecified atom stereocenters. The molecule has 1 aliphatic heterocycles. The van der Waals surface area contributed by atoms with Gasteiger partial charge < -0.3 is 9.32 Å². The summed E-state index contributed by atoms with van der Waals surface area (Å²) in [5, 5.41) is 8.54. The molecule has 1 atom stereocenters. The topological polar surface area (TPSA) is 41.6 Å². The Labute approximate surface area is 345 Å². The van der Waals surface area contributed by atoms with Crippen molar-refractivity contribution in [1.82, 2.24) is 9.88 Å². The maximum atomic E-state index is 6.71. The summed E-state index contributed by atoms with van der Waals surface area (Å²) in [4.78, 5) is 12.9. The molecule has 0 amide bonds. The van der Waals surface area contributed by atoms with E-state index in [0.29, 0.717) is 0 Å². The molecule has 10 aromatic rings. The summed E-state index contributed by atoms with van der Waals surface area (Å²) < 4.78 is 9.35. The lowest BCUT2D eigenvalue weighted by atomic mass is 9.95. The minimum atomic E-state index is -0.0465. The predicted octanol–water partition coefficient (Wildman–Crippen LogP) is 12.7. The molecule has 0 fully saturated rings. The van der Waals surface area contributed by atoms with E-state index < -0.39 is 0 Å². The normalized spacial score (nSPS) is 15.3. The molecule has 4 heterocycles. The van der Waals surface area contributed by atoms with Crippen LogP contribution in [0.25, 0.3) is 93.1 Å². The predicted molar refractivity (Wildman–Crippen MR) is 248 cm³/mol. The number of thiophene rings is 1. The number of hydrogen-bond acceptors (Lipinski definition) is 5. The van der Waals surface area contributed by atoms with Gasteiger partial charge in [0.05, 0.1) is 17.3 Å². The molecule has 2 aliphatic rings. The number of amidine groups is 1. The maximum Gasteiger partial charge on any atom is 0.162 e. The first-order valence-electron chi connectivity index (χ1n) is 20.3. The van der Waals surface area contributed by atoms with Gasteiger partial charge in [0.2, 0.25) is 0 Å². The Morgan fingerprint density at radius 2 is 1.34 bits per heavy atom. The van der Waals surface area contributed by atoms with Crippen molar-refractivity contribution < 1.29 is 4.42 Å². The Morgan fingerprint density at radius 1 is 0.610 bits per heavy atom. The smallest absolute Gasteiger partial charge is 0.162 e. The molecule has 0 N–H and O–H groups in total. The van der Waals surface area contributed by atoms with E-state index in [0.717, 1.165) is 74.0 Å². The van der Waals surface area contributed by atoms with Gasteiger partial charge in [0.1, 0.15) is 16.9 Å². The van der Waals surface area contributed by atoms with Crippen LogP contribution in [0.4, 0.5) is 0 Å². The lowest BCUT2D eigenvalue weighted by Crippen LogP contribution is -2.33. The Hall–Kier alpha value is -7.08. The van der Waals surface area contributed by atoms with Gasteiger partial charge in [-0.1, -0.05) is 152 Å². The number of aliphatic imine (C=N–C) groups is 1. The van der Waals surface area contributed by atoms with Crippen LogP contribution in [0.15, 0.2) is 173 Å². The summed E-state index contributed by atoms with van der Waals surface area (Å²) >= 11 is 1.87. The molecule has 0 spiro atoms. The van der Waals surface area contributed by atoms with E-state index in [1.807, 2.05) is 11.3 Å². The van der Waals surface area contributed by atoms with Crippen LogP contribution in [0.3, 0.4) is 0 Å². The Morgan fingerprint density at radius 3 is 2.20 bits per heavy atom. The molecular weight excluding hydrogens is 739 g/mol. The molecule has 280 valence electrons. The van der Waals surface area contributed by atoms with Crippen molar-refractivity contribution in [3.8, 4) is 22.4 Å². The Bertz CT molecular complexity index is 3500. The van der Waals surface area contributed by atoms with Crippen LogP contribution in [0.5, 0.6) is 0 Å². The Balaban J connectivity index is 0.951. The minimum absolute atomic E-state index is 0.0465. The first-order valence-corrected chi connectivity index (χ1v) is 21.1. The van der Waals surface area contributed by atoms with E-state index in [9.17, 15) is 0 Å². The van der Waals surface area contributed by atoms with Crippen molar-refractivity contribution in [3.63, 3.8) is 0 Å². The second-order valence-electron chi connectivity index (χ2n) is 15.6. The summed E-state index contributed by atoms with van der Waals surface area (Å²) in [5.41, 5.74) is 11.5. The number of furan rings is 1. The van der Waals surface area contributed by atoms with Crippen molar-refractivity contribution in [2.75, 3.05) is 7.05 Å². The quantitative estimate of drug-likeness (QED) is 0.164. The lowest BCUT2D eigenvalue weighted by Gasteiger charge is -2.33. The zero-order valence-electron chi connectivity index (χ0n) is 32.4. The summed E-state index contributed by atoms with van der Waals surface area (Å²) in [5.74, 6) is 0.940. The summed E-state index contributed by atoms with van der Waals surface area (Å²) in [6.45, 7) is 0. The van der Waals surface area contributed by atoms with Crippen molar-refractivity contribution >= 4 is 87.8 Å². The average molecular weight is 776 g/mol. The van der Waals surface area contributed by atoms with E-state index in [-0.39, 0.29) is 6.04 Å². The molecule has 3 aromatic heterocycles. The fourth-order valence-electron chi connectivity index (χ4n) is 9.25. The molecule has 7 aromatic carbocycles. The van der Waals surface area contributed by atoms with Crippen LogP contribution in [0.2, 0.25) is 0 Å². The first kappa shape index (κ1) is 34.0. The number of benzene rings is 7. The molecule has 5 heteroatoms. The van der Waals surface area contributed by atoms with Crippen molar-refractivity contribution in [2.45, 2.75) is 18.9 Å². The third-order valence-corrected chi connectivity index (χ3v) is 13.4. The van der Waals surface area contributed by atoms with Gasteiger partial charge in [-0.05, 0) is 70.2 Å². The maximum absolute atomic E-state index is 6.71. The highest BCUT2D eigenvalue weighted by molar-refractivity contribution is 7.26. The summed E-state index contributed by atoms with van der Waals surface area (Å²) in [7, 11) is 2.14. The van der Waals surface area contributed by atoms with Gasteiger partial charge in [0, 0.05) is 54.3 Å². The summed E-state index contributed by atoms with van der Waals surface area (Å²) in [6, 6.07) is 56.6. The number of nitrogens with zero attached hydrogens (tertiary/aromatic N) is 3. The second kappa shape index (κ2) is 13.5. The zero-order chi connectivity index (χ0) is 39.0. The van der Waals surface area contributed by atoms with Crippen LogP contribution >= 0.6 is 11.3 Å².